The summed E-state index contributed by atoms with van der Waals surface area (Å²) in [5.74, 6) is 1.43. The van der Waals surface area contributed by atoms with Gasteiger partial charge in [-0.25, -0.2) is 4.98 Å². The van der Waals surface area contributed by atoms with E-state index >= 15 is 0 Å². The fraction of sp³-hybridized carbons (Fsp3) is 0.571. The molecule has 0 saturated carbocycles. The van der Waals surface area contributed by atoms with E-state index < -0.39 is 0 Å². The summed E-state index contributed by atoms with van der Waals surface area (Å²) in [5, 5.41) is 8.06. The second kappa shape index (κ2) is 6.04. The van der Waals surface area contributed by atoms with Gasteiger partial charge in [0.05, 0.1) is 11.9 Å². The van der Waals surface area contributed by atoms with E-state index in [1.54, 1.807) is 15.8 Å². The van der Waals surface area contributed by atoms with Crippen LogP contribution in [-0.2, 0) is 18.3 Å². The van der Waals surface area contributed by atoms with Crippen LogP contribution in [0.2, 0.25) is 0 Å². The van der Waals surface area contributed by atoms with Crippen molar-refractivity contribution in [1.82, 2.24) is 19.1 Å². The molecule has 1 N–H and O–H groups in total. The van der Waals surface area contributed by atoms with Gasteiger partial charge < -0.3 is 10.2 Å². The summed E-state index contributed by atoms with van der Waals surface area (Å²) in [6, 6.07) is -0.236. The number of rotatable bonds is 5. The van der Waals surface area contributed by atoms with Crippen molar-refractivity contribution >= 4 is 28.3 Å². The van der Waals surface area contributed by atoms with Crippen LogP contribution in [0.15, 0.2) is 12.4 Å². The normalized spacial score (nSPS) is 18.5. The number of carbonyl (C=O) groups excluding carboxylic acids is 1. The number of carbonyl (C=O) groups is 1. The van der Waals surface area contributed by atoms with Crippen LogP contribution < -0.4 is 10.2 Å². The van der Waals surface area contributed by atoms with E-state index in [9.17, 15) is 4.79 Å². The number of anilines is 2. The largest absolute Gasteiger partial charge is 0.348 e. The van der Waals surface area contributed by atoms with Crippen molar-refractivity contribution < 1.29 is 4.79 Å². The van der Waals surface area contributed by atoms with Gasteiger partial charge in [0.25, 0.3) is 0 Å². The van der Waals surface area contributed by atoms with Crippen molar-refractivity contribution in [3.05, 3.63) is 18.2 Å². The monoisotopic (exact) mass is 320 g/mol. The van der Waals surface area contributed by atoms with E-state index in [1.807, 2.05) is 13.2 Å². The zero-order valence-electron chi connectivity index (χ0n) is 13.0. The van der Waals surface area contributed by atoms with Gasteiger partial charge in [0, 0.05) is 37.7 Å². The second-order valence-electron chi connectivity index (χ2n) is 5.96. The first-order chi connectivity index (χ1) is 10.5. The Morgan fingerprint density at radius 2 is 2.32 bits per heavy atom. The number of aromatic nitrogens is 4. The maximum atomic E-state index is 12.5. The SMILES string of the molecule is CC(C)Cc1nsc(N[C@@H]2CCN(c3cnn(C)c3)C2=O)n1. The third kappa shape index (κ3) is 3.11. The van der Waals surface area contributed by atoms with Crippen LogP contribution in [-0.4, -0.2) is 37.6 Å². The fourth-order valence-electron chi connectivity index (χ4n) is 2.53. The Morgan fingerprint density at radius 3 is 3.00 bits per heavy atom. The van der Waals surface area contributed by atoms with Crippen LogP contribution in [0.25, 0.3) is 0 Å². The topological polar surface area (TPSA) is 75.9 Å². The summed E-state index contributed by atoms with van der Waals surface area (Å²) < 4.78 is 6.03. The van der Waals surface area contributed by atoms with Crippen molar-refractivity contribution in [2.45, 2.75) is 32.7 Å². The highest BCUT2D eigenvalue weighted by Crippen LogP contribution is 2.24. The molecule has 2 aromatic heterocycles. The van der Waals surface area contributed by atoms with Crippen LogP contribution in [0.1, 0.15) is 26.1 Å². The Bertz CT molecular complexity index is 664. The molecule has 22 heavy (non-hydrogen) atoms. The van der Waals surface area contributed by atoms with Crippen molar-refractivity contribution in [1.29, 1.82) is 0 Å². The Labute approximate surface area is 133 Å². The van der Waals surface area contributed by atoms with Crippen molar-refractivity contribution in [3.63, 3.8) is 0 Å². The van der Waals surface area contributed by atoms with Crippen LogP contribution in [0.3, 0.4) is 0 Å². The van der Waals surface area contributed by atoms with Gasteiger partial charge in [-0.05, 0) is 12.3 Å². The van der Waals surface area contributed by atoms with Crippen LogP contribution in [0, 0.1) is 5.92 Å². The zero-order chi connectivity index (χ0) is 15.7. The number of hydrogen-bond acceptors (Lipinski definition) is 6. The van der Waals surface area contributed by atoms with E-state index in [0.717, 1.165) is 29.5 Å². The van der Waals surface area contributed by atoms with Crippen LogP contribution in [0.5, 0.6) is 0 Å². The molecule has 0 spiro atoms. The lowest BCUT2D eigenvalue weighted by Crippen LogP contribution is -2.33. The maximum absolute atomic E-state index is 12.5. The fourth-order valence-corrected chi connectivity index (χ4v) is 3.18. The Balaban J connectivity index is 1.64. The molecule has 1 atom stereocenters. The molecular formula is C14H20N6OS. The van der Waals surface area contributed by atoms with Gasteiger partial charge in [0.15, 0.2) is 0 Å². The lowest BCUT2D eigenvalue weighted by Gasteiger charge is -2.14. The molecule has 7 nitrogen and oxygen atoms in total. The maximum Gasteiger partial charge on any atom is 0.249 e. The minimum atomic E-state index is -0.236. The first-order valence-corrected chi connectivity index (χ1v) is 8.19. The third-order valence-corrected chi connectivity index (χ3v) is 4.25. The molecule has 0 radical (unpaired) electrons. The molecule has 3 heterocycles. The van der Waals surface area contributed by atoms with Gasteiger partial charge in [-0.3, -0.25) is 9.48 Å². The molecule has 1 fully saturated rings. The molecule has 118 valence electrons. The molecule has 1 amide bonds. The van der Waals surface area contributed by atoms with E-state index in [-0.39, 0.29) is 11.9 Å². The minimum Gasteiger partial charge on any atom is -0.348 e. The molecule has 2 aromatic rings. The van der Waals surface area contributed by atoms with Gasteiger partial charge in [-0.2, -0.15) is 9.47 Å². The summed E-state index contributed by atoms with van der Waals surface area (Å²) in [4.78, 5) is 18.7. The molecule has 1 saturated heterocycles. The van der Waals surface area contributed by atoms with Gasteiger partial charge in [0.1, 0.15) is 11.9 Å². The van der Waals surface area contributed by atoms with Gasteiger partial charge in [-0.1, -0.05) is 13.8 Å². The molecule has 0 unspecified atom stereocenters. The highest BCUT2D eigenvalue weighted by atomic mass is 32.1. The van der Waals surface area contributed by atoms with Crippen LogP contribution in [0.4, 0.5) is 10.8 Å². The Kier molecular flexibility index (Phi) is 4.10. The Hall–Kier alpha value is -1.96. The summed E-state index contributed by atoms with van der Waals surface area (Å²) in [5.41, 5.74) is 0.842. The number of aryl methyl sites for hydroxylation is 1. The van der Waals surface area contributed by atoms with Gasteiger partial charge in [0.2, 0.25) is 11.0 Å². The summed E-state index contributed by atoms with van der Waals surface area (Å²) in [6.07, 6.45) is 5.18. The average Bonchev–Trinajstić information content (AvgIpc) is 3.13. The standard InChI is InChI=1S/C14H20N6OS/c1-9(2)6-12-17-14(22-18-12)16-11-4-5-20(13(11)21)10-7-15-19(3)8-10/h7-9,11H,4-6H2,1-3H3,(H,16,17,18)/t11-/m1/s1. The van der Waals surface area contributed by atoms with Crippen molar-refractivity contribution in [2.75, 3.05) is 16.8 Å². The molecular weight excluding hydrogens is 300 g/mol. The highest BCUT2D eigenvalue weighted by Gasteiger charge is 2.33. The highest BCUT2D eigenvalue weighted by molar-refractivity contribution is 7.09. The molecule has 0 aliphatic carbocycles. The lowest BCUT2D eigenvalue weighted by atomic mass is 10.1. The van der Waals surface area contributed by atoms with Crippen LogP contribution >= 0.6 is 11.5 Å². The Morgan fingerprint density at radius 1 is 1.50 bits per heavy atom. The van der Waals surface area contributed by atoms with Gasteiger partial charge in [-0.15, -0.1) is 0 Å². The smallest absolute Gasteiger partial charge is 0.249 e. The molecule has 1 aliphatic rings. The molecule has 0 aromatic carbocycles. The van der Waals surface area contributed by atoms with E-state index in [1.165, 1.54) is 11.5 Å². The first-order valence-electron chi connectivity index (χ1n) is 7.42. The molecule has 0 bridgehead atoms. The van der Waals surface area contributed by atoms with Crippen molar-refractivity contribution in [2.24, 2.45) is 13.0 Å². The second-order valence-corrected chi connectivity index (χ2v) is 6.71. The first kappa shape index (κ1) is 15.0. The summed E-state index contributed by atoms with van der Waals surface area (Å²) in [6.45, 7) is 4.97. The van der Waals surface area contributed by atoms with Gasteiger partial charge >= 0.3 is 0 Å². The molecule has 1 aliphatic heterocycles. The average molecular weight is 320 g/mol. The number of nitrogens with zero attached hydrogens (tertiary/aromatic N) is 5. The lowest BCUT2D eigenvalue weighted by molar-refractivity contribution is -0.117. The summed E-state index contributed by atoms with van der Waals surface area (Å²) in [7, 11) is 1.84. The third-order valence-electron chi connectivity index (χ3n) is 3.57. The zero-order valence-corrected chi connectivity index (χ0v) is 13.8. The number of hydrogen-bond donors (Lipinski definition) is 1. The van der Waals surface area contributed by atoms with Crippen molar-refractivity contribution in [3.8, 4) is 0 Å². The number of nitrogens with one attached hydrogen (secondary N) is 1. The minimum absolute atomic E-state index is 0.0635. The van der Waals surface area contributed by atoms with E-state index in [0.29, 0.717) is 12.5 Å². The quantitative estimate of drug-likeness (QED) is 0.907. The predicted octanol–water partition coefficient (Wildman–Crippen LogP) is 1.69. The molecule has 8 heteroatoms. The van der Waals surface area contributed by atoms with E-state index in [4.69, 9.17) is 0 Å². The number of amides is 1. The predicted molar refractivity (Wildman–Crippen MR) is 86.0 cm³/mol. The summed E-state index contributed by atoms with van der Waals surface area (Å²) >= 11 is 1.32. The molecule has 3 rings (SSSR count). The van der Waals surface area contributed by atoms with E-state index in [2.05, 4.69) is 33.6 Å².